The van der Waals surface area contributed by atoms with Gasteiger partial charge >= 0.3 is 0 Å². The first-order chi connectivity index (χ1) is 11.7. The molecule has 1 amide bonds. The lowest BCUT2D eigenvalue weighted by atomic mass is 10.0. The number of rotatable bonds is 3. The Morgan fingerprint density at radius 1 is 1.08 bits per heavy atom. The summed E-state index contributed by atoms with van der Waals surface area (Å²) >= 11 is 0. The number of amides is 1. The number of likely N-dealkylation sites (tertiary alicyclic amines) is 2. The molecule has 4 rings (SSSR count). The molecule has 2 atom stereocenters. The van der Waals surface area contributed by atoms with Crippen LogP contribution in [0.5, 0.6) is 0 Å². The van der Waals surface area contributed by atoms with Crippen LogP contribution in [0.1, 0.15) is 36.2 Å². The second-order valence-corrected chi connectivity index (χ2v) is 6.78. The molecule has 0 bridgehead atoms. The van der Waals surface area contributed by atoms with Crippen molar-refractivity contribution in [1.82, 2.24) is 24.8 Å². The Kier molecular flexibility index (Phi) is 4.06. The van der Waals surface area contributed by atoms with Gasteiger partial charge in [0.2, 0.25) is 0 Å². The highest BCUT2D eigenvalue weighted by Crippen LogP contribution is 2.29. The second kappa shape index (κ2) is 6.36. The molecule has 126 valence electrons. The molecular weight excluding hydrogens is 302 g/mol. The van der Waals surface area contributed by atoms with Gasteiger partial charge in [-0.1, -0.05) is 23.4 Å². The van der Waals surface area contributed by atoms with Gasteiger partial charge in [0.1, 0.15) is 0 Å². The molecule has 0 saturated carbocycles. The van der Waals surface area contributed by atoms with E-state index in [2.05, 4.69) is 22.3 Å². The predicted octanol–water partition coefficient (Wildman–Crippen LogP) is 1.97. The Bertz CT molecular complexity index is 713. The maximum atomic E-state index is 13.0. The third kappa shape index (κ3) is 2.71. The average molecular weight is 325 g/mol. The number of hydrogen-bond acceptors (Lipinski definition) is 4. The minimum absolute atomic E-state index is 0.0139. The van der Waals surface area contributed by atoms with Crippen LogP contribution in [0.2, 0.25) is 0 Å². The summed E-state index contributed by atoms with van der Waals surface area (Å²) in [5.74, 6) is 0.0139. The van der Waals surface area contributed by atoms with E-state index < -0.39 is 0 Å². The lowest BCUT2D eigenvalue weighted by Gasteiger charge is -2.32. The summed E-state index contributed by atoms with van der Waals surface area (Å²) in [7, 11) is 2.17. The van der Waals surface area contributed by atoms with Crippen LogP contribution in [0, 0.1) is 0 Å². The molecule has 2 aliphatic rings. The highest BCUT2D eigenvalue weighted by molar-refractivity contribution is 5.92. The molecule has 0 aliphatic carbocycles. The summed E-state index contributed by atoms with van der Waals surface area (Å²) in [6.45, 7) is 1.96. The molecule has 2 fully saturated rings. The number of para-hydroxylation sites is 1. The number of carbonyl (C=O) groups excluding carboxylic acids is 1. The lowest BCUT2D eigenvalue weighted by molar-refractivity contribution is 0.0658. The summed E-state index contributed by atoms with van der Waals surface area (Å²) in [5, 5.41) is 8.25. The van der Waals surface area contributed by atoms with Crippen LogP contribution >= 0.6 is 0 Å². The van der Waals surface area contributed by atoms with Crippen molar-refractivity contribution in [3.8, 4) is 5.69 Å². The lowest BCUT2D eigenvalue weighted by Crippen LogP contribution is -2.47. The van der Waals surface area contributed by atoms with E-state index in [1.165, 1.54) is 12.8 Å². The minimum atomic E-state index is 0.0139. The molecule has 3 heterocycles. The van der Waals surface area contributed by atoms with E-state index in [0.29, 0.717) is 17.8 Å². The van der Waals surface area contributed by atoms with Crippen molar-refractivity contribution >= 4 is 5.91 Å². The highest BCUT2D eigenvalue weighted by atomic mass is 16.2. The highest BCUT2D eigenvalue weighted by Gasteiger charge is 2.39. The van der Waals surface area contributed by atoms with E-state index in [1.54, 1.807) is 10.9 Å². The van der Waals surface area contributed by atoms with Crippen molar-refractivity contribution < 1.29 is 4.79 Å². The molecule has 24 heavy (non-hydrogen) atoms. The molecule has 0 radical (unpaired) electrons. The van der Waals surface area contributed by atoms with Crippen molar-refractivity contribution in [2.45, 2.75) is 37.8 Å². The fourth-order valence-corrected chi connectivity index (χ4v) is 4.08. The molecule has 0 spiro atoms. The summed E-state index contributed by atoms with van der Waals surface area (Å²) < 4.78 is 1.67. The van der Waals surface area contributed by atoms with Crippen LogP contribution in [-0.4, -0.2) is 62.9 Å². The molecule has 2 aromatic rings. The zero-order valence-electron chi connectivity index (χ0n) is 14.0. The molecule has 6 nitrogen and oxygen atoms in total. The number of hydrogen-bond donors (Lipinski definition) is 0. The largest absolute Gasteiger partial charge is 0.333 e. The molecule has 1 aromatic carbocycles. The normalized spacial score (nSPS) is 24.6. The van der Waals surface area contributed by atoms with E-state index in [4.69, 9.17) is 0 Å². The van der Waals surface area contributed by atoms with Crippen LogP contribution in [0.4, 0.5) is 0 Å². The van der Waals surface area contributed by atoms with Gasteiger partial charge in [-0.05, 0) is 51.4 Å². The van der Waals surface area contributed by atoms with E-state index in [1.807, 2.05) is 35.2 Å². The molecule has 1 aromatic heterocycles. The number of carbonyl (C=O) groups is 1. The van der Waals surface area contributed by atoms with Gasteiger partial charge in [0.05, 0.1) is 11.9 Å². The van der Waals surface area contributed by atoms with Gasteiger partial charge in [-0.2, -0.15) is 0 Å². The number of aromatic nitrogens is 3. The Balaban J connectivity index is 1.54. The summed E-state index contributed by atoms with van der Waals surface area (Å²) in [6, 6.07) is 10.6. The molecular formula is C18H23N5O. The fourth-order valence-electron chi connectivity index (χ4n) is 4.08. The Labute approximate surface area is 142 Å². The monoisotopic (exact) mass is 325 g/mol. The minimum Gasteiger partial charge on any atom is -0.333 e. The third-order valence-electron chi connectivity index (χ3n) is 5.31. The summed E-state index contributed by atoms with van der Waals surface area (Å²) in [6.07, 6.45) is 6.32. The first-order valence-electron chi connectivity index (χ1n) is 8.73. The predicted molar refractivity (Wildman–Crippen MR) is 91.1 cm³/mol. The smallest absolute Gasteiger partial charge is 0.276 e. The summed E-state index contributed by atoms with van der Waals surface area (Å²) in [5.41, 5.74) is 1.35. The van der Waals surface area contributed by atoms with Crippen molar-refractivity contribution in [2.24, 2.45) is 0 Å². The molecule has 6 heteroatoms. The van der Waals surface area contributed by atoms with E-state index >= 15 is 0 Å². The van der Waals surface area contributed by atoms with Crippen molar-refractivity contribution in [3.63, 3.8) is 0 Å². The summed E-state index contributed by atoms with van der Waals surface area (Å²) in [4.78, 5) is 17.4. The number of benzene rings is 1. The van der Waals surface area contributed by atoms with Gasteiger partial charge in [0.25, 0.3) is 5.91 Å². The molecule has 0 N–H and O–H groups in total. The first-order valence-corrected chi connectivity index (χ1v) is 8.73. The van der Waals surface area contributed by atoms with Gasteiger partial charge in [-0.3, -0.25) is 4.79 Å². The van der Waals surface area contributed by atoms with Crippen molar-refractivity contribution in [3.05, 3.63) is 42.2 Å². The van der Waals surface area contributed by atoms with Crippen LogP contribution in [0.3, 0.4) is 0 Å². The number of likely N-dealkylation sites (N-methyl/N-ethyl adjacent to an activating group) is 1. The topological polar surface area (TPSA) is 54.3 Å². The van der Waals surface area contributed by atoms with Gasteiger partial charge < -0.3 is 9.80 Å². The zero-order chi connectivity index (χ0) is 16.5. The number of nitrogens with zero attached hydrogens (tertiary/aromatic N) is 5. The van der Waals surface area contributed by atoms with Crippen LogP contribution < -0.4 is 0 Å². The van der Waals surface area contributed by atoms with E-state index in [0.717, 1.165) is 31.6 Å². The SMILES string of the molecule is CN1CCC[C@H]1[C@H]1CCCN1C(=O)c1cn(-c2ccccc2)nn1. The molecule has 2 aliphatic heterocycles. The van der Waals surface area contributed by atoms with Crippen LogP contribution in [0.25, 0.3) is 5.69 Å². The maximum absolute atomic E-state index is 13.0. The molecule has 2 saturated heterocycles. The van der Waals surface area contributed by atoms with Crippen molar-refractivity contribution in [1.29, 1.82) is 0 Å². The van der Waals surface area contributed by atoms with Gasteiger partial charge in [-0.25, -0.2) is 4.68 Å². The fraction of sp³-hybridized carbons (Fsp3) is 0.500. The standard InChI is InChI=1S/C18H23N5O/c1-21-11-5-9-16(21)17-10-6-12-22(17)18(24)15-13-23(20-19-15)14-7-3-2-4-8-14/h2-4,7-8,13,16-17H,5-6,9-12H2,1H3/t16-,17+/m0/s1. The van der Waals surface area contributed by atoms with Gasteiger partial charge in [0.15, 0.2) is 5.69 Å². The Morgan fingerprint density at radius 3 is 2.58 bits per heavy atom. The van der Waals surface area contributed by atoms with Crippen LogP contribution in [-0.2, 0) is 0 Å². The average Bonchev–Trinajstić information content (AvgIpc) is 3.35. The Hall–Kier alpha value is -2.21. The first kappa shape index (κ1) is 15.3. The van der Waals surface area contributed by atoms with E-state index in [9.17, 15) is 4.79 Å². The van der Waals surface area contributed by atoms with Gasteiger partial charge in [-0.15, -0.1) is 5.10 Å². The molecule has 0 unspecified atom stereocenters. The Morgan fingerprint density at radius 2 is 1.83 bits per heavy atom. The quantitative estimate of drug-likeness (QED) is 0.866. The third-order valence-corrected chi connectivity index (χ3v) is 5.31. The van der Waals surface area contributed by atoms with Crippen molar-refractivity contribution in [2.75, 3.05) is 20.1 Å². The van der Waals surface area contributed by atoms with Gasteiger partial charge in [0, 0.05) is 18.6 Å². The zero-order valence-corrected chi connectivity index (χ0v) is 14.0. The second-order valence-electron chi connectivity index (χ2n) is 6.78. The van der Waals surface area contributed by atoms with E-state index in [-0.39, 0.29) is 5.91 Å². The van der Waals surface area contributed by atoms with Crippen LogP contribution in [0.15, 0.2) is 36.5 Å². The maximum Gasteiger partial charge on any atom is 0.276 e.